The Morgan fingerprint density at radius 1 is 0.973 bits per heavy atom. The summed E-state index contributed by atoms with van der Waals surface area (Å²) in [5, 5.41) is 12.0. The fourth-order valence-electron chi connectivity index (χ4n) is 4.69. The van der Waals surface area contributed by atoms with Crippen molar-refractivity contribution in [1.82, 2.24) is 4.98 Å². The van der Waals surface area contributed by atoms with Gasteiger partial charge >= 0.3 is 5.91 Å². The summed E-state index contributed by atoms with van der Waals surface area (Å²) >= 11 is 1.33. The Balaban J connectivity index is 1.76. The minimum atomic E-state index is -0.890. The molecule has 0 saturated carbocycles. The molecule has 0 bridgehead atoms. The summed E-state index contributed by atoms with van der Waals surface area (Å²) in [7, 11) is 3.13. The number of carbonyl (C=O) groups is 2. The standard InChI is InChI=1S/C29H26N2O5S/c1-15-9-10-21-23(11-15)37-29(30-21)31-25(18-7-6-8-19(14-18)35-4)24(27(33)28(31)34)26(32)20-12-17(3)22(36-5)13-16(20)2/h6-14,25,32H,1-5H3/b26-24+. The first-order valence-corrected chi connectivity index (χ1v) is 12.5. The number of aliphatic hydroxyl groups excluding tert-OH is 1. The van der Waals surface area contributed by atoms with Gasteiger partial charge in [-0.15, -0.1) is 0 Å². The van der Waals surface area contributed by atoms with Crippen molar-refractivity contribution in [3.8, 4) is 11.5 Å². The molecular formula is C29H26N2O5S. The molecule has 1 aliphatic heterocycles. The van der Waals surface area contributed by atoms with Gasteiger partial charge < -0.3 is 14.6 Å². The van der Waals surface area contributed by atoms with Crippen LogP contribution in [0.5, 0.6) is 11.5 Å². The van der Waals surface area contributed by atoms with Crippen LogP contribution in [-0.2, 0) is 9.59 Å². The molecule has 8 heteroatoms. The summed E-state index contributed by atoms with van der Waals surface area (Å²) in [5.74, 6) is -0.515. The van der Waals surface area contributed by atoms with E-state index in [9.17, 15) is 14.7 Å². The van der Waals surface area contributed by atoms with E-state index in [-0.39, 0.29) is 11.3 Å². The maximum atomic E-state index is 13.5. The number of nitrogens with zero attached hydrogens (tertiary/aromatic N) is 2. The highest BCUT2D eigenvalue weighted by molar-refractivity contribution is 7.22. The maximum Gasteiger partial charge on any atom is 0.301 e. The number of rotatable bonds is 5. The van der Waals surface area contributed by atoms with Crippen LogP contribution in [0.2, 0.25) is 0 Å². The molecule has 1 N–H and O–H groups in total. The van der Waals surface area contributed by atoms with Gasteiger partial charge in [0.2, 0.25) is 0 Å². The van der Waals surface area contributed by atoms with E-state index in [1.165, 1.54) is 16.2 Å². The zero-order valence-corrected chi connectivity index (χ0v) is 22.0. The molecule has 1 atom stereocenters. The second kappa shape index (κ2) is 9.37. The number of thiazole rings is 1. The molecule has 0 aliphatic carbocycles. The van der Waals surface area contributed by atoms with Crippen LogP contribution in [0.3, 0.4) is 0 Å². The monoisotopic (exact) mass is 514 g/mol. The lowest BCUT2D eigenvalue weighted by Crippen LogP contribution is -2.29. The van der Waals surface area contributed by atoms with Crippen molar-refractivity contribution in [2.45, 2.75) is 26.8 Å². The van der Waals surface area contributed by atoms with Gasteiger partial charge in [-0.1, -0.05) is 29.5 Å². The van der Waals surface area contributed by atoms with Crippen molar-refractivity contribution in [3.63, 3.8) is 0 Å². The number of ether oxygens (including phenoxy) is 2. The van der Waals surface area contributed by atoms with E-state index in [0.29, 0.717) is 33.3 Å². The molecule has 5 rings (SSSR count). The van der Waals surface area contributed by atoms with Gasteiger partial charge in [-0.25, -0.2) is 4.98 Å². The second-order valence-electron chi connectivity index (χ2n) is 9.05. The Kier molecular flexibility index (Phi) is 6.21. The van der Waals surface area contributed by atoms with Gasteiger partial charge in [-0.3, -0.25) is 14.5 Å². The Morgan fingerprint density at radius 3 is 2.49 bits per heavy atom. The normalized spacial score (nSPS) is 17.0. The summed E-state index contributed by atoms with van der Waals surface area (Å²) < 4.78 is 11.7. The van der Waals surface area contributed by atoms with Crippen molar-refractivity contribution in [1.29, 1.82) is 0 Å². The summed E-state index contributed by atoms with van der Waals surface area (Å²) in [4.78, 5) is 33.1. The number of anilines is 1. The van der Waals surface area contributed by atoms with Crippen molar-refractivity contribution in [2.24, 2.45) is 0 Å². The van der Waals surface area contributed by atoms with Gasteiger partial charge in [0.15, 0.2) is 5.13 Å². The molecule has 0 spiro atoms. The number of methoxy groups -OCH3 is 2. The molecule has 1 amide bonds. The Morgan fingerprint density at radius 2 is 1.76 bits per heavy atom. The molecule has 188 valence electrons. The Bertz CT molecular complexity index is 1600. The number of aliphatic hydroxyl groups is 1. The van der Waals surface area contributed by atoms with Gasteiger partial charge in [0, 0.05) is 5.56 Å². The van der Waals surface area contributed by atoms with Crippen LogP contribution < -0.4 is 14.4 Å². The lowest BCUT2D eigenvalue weighted by molar-refractivity contribution is -0.132. The number of fused-ring (bicyclic) bond motifs is 1. The number of hydrogen-bond donors (Lipinski definition) is 1. The topological polar surface area (TPSA) is 89.0 Å². The highest BCUT2D eigenvalue weighted by atomic mass is 32.1. The predicted octanol–water partition coefficient (Wildman–Crippen LogP) is 5.87. The molecule has 2 heterocycles. The van der Waals surface area contributed by atoms with E-state index < -0.39 is 17.7 Å². The van der Waals surface area contributed by atoms with E-state index in [4.69, 9.17) is 9.47 Å². The predicted molar refractivity (Wildman–Crippen MR) is 145 cm³/mol. The van der Waals surface area contributed by atoms with Crippen LogP contribution in [0.15, 0.2) is 60.2 Å². The highest BCUT2D eigenvalue weighted by Crippen LogP contribution is 2.45. The van der Waals surface area contributed by atoms with E-state index in [2.05, 4.69) is 4.98 Å². The summed E-state index contributed by atoms with van der Waals surface area (Å²) in [5.41, 5.74) is 4.40. The van der Waals surface area contributed by atoms with Crippen LogP contribution >= 0.6 is 11.3 Å². The summed E-state index contributed by atoms with van der Waals surface area (Å²) in [6, 6.07) is 15.7. The number of aromatic nitrogens is 1. The molecule has 0 radical (unpaired) electrons. The molecule has 3 aromatic carbocycles. The third-order valence-electron chi connectivity index (χ3n) is 6.59. The number of carbonyl (C=O) groups excluding carboxylic acids is 2. The minimum Gasteiger partial charge on any atom is -0.507 e. The average Bonchev–Trinajstić information content (AvgIpc) is 3.42. The maximum absolute atomic E-state index is 13.5. The van der Waals surface area contributed by atoms with Gasteiger partial charge in [-0.2, -0.15) is 0 Å². The molecule has 1 saturated heterocycles. The van der Waals surface area contributed by atoms with Crippen LogP contribution in [0, 0.1) is 20.8 Å². The van der Waals surface area contributed by atoms with Crippen LogP contribution in [0.1, 0.15) is 33.9 Å². The molecule has 7 nitrogen and oxygen atoms in total. The zero-order valence-electron chi connectivity index (χ0n) is 21.2. The van der Waals surface area contributed by atoms with Crippen LogP contribution in [-0.4, -0.2) is 36.0 Å². The van der Waals surface area contributed by atoms with Gasteiger partial charge in [0.1, 0.15) is 17.3 Å². The largest absolute Gasteiger partial charge is 0.507 e. The first-order valence-electron chi connectivity index (χ1n) is 11.7. The highest BCUT2D eigenvalue weighted by Gasteiger charge is 2.48. The van der Waals surface area contributed by atoms with E-state index >= 15 is 0 Å². The Labute approximate surface area is 218 Å². The number of Topliss-reactive ketones (excluding diaryl/α,β-unsaturated/α-hetero) is 1. The Hall–Kier alpha value is -4.17. The van der Waals surface area contributed by atoms with Crippen molar-refractivity contribution in [2.75, 3.05) is 19.1 Å². The number of benzene rings is 3. The number of amides is 1. The van der Waals surface area contributed by atoms with Gasteiger partial charge in [-0.05, 0) is 79.4 Å². The minimum absolute atomic E-state index is 0.00126. The molecule has 37 heavy (non-hydrogen) atoms. The van der Waals surface area contributed by atoms with Gasteiger partial charge in [0.05, 0.1) is 36.1 Å². The third-order valence-corrected chi connectivity index (χ3v) is 7.61. The smallest absolute Gasteiger partial charge is 0.301 e. The van der Waals surface area contributed by atoms with Crippen LogP contribution in [0.25, 0.3) is 16.0 Å². The average molecular weight is 515 g/mol. The van der Waals surface area contributed by atoms with Crippen molar-refractivity contribution >= 4 is 44.1 Å². The summed E-state index contributed by atoms with van der Waals surface area (Å²) in [6.45, 7) is 5.67. The van der Waals surface area contributed by atoms with Crippen molar-refractivity contribution < 1.29 is 24.2 Å². The molecule has 1 unspecified atom stereocenters. The lowest BCUT2D eigenvalue weighted by atomic mass is 9.93. The number of hydrogen-bond acceptors (Lipinski definition) is 7. The first-order chi connectivity index (χ1) is 17.7. The number of ketones is 1. The molecular weight excluding hydrogens is 488 g/mol. The SMILES string of the molecule is COc1cccc(C2/C(=C(\O)c3cc(C)c(OC)cc3C)C(=O)C(=O)N2c2nc3ccc(C)cc3s2)c1. The fraction of sp³-hybridized carbons (Fsp3) is 0.207. The van der Waals surface area contributed by atoms with E-state index in [0.717, 1.165) is 21.3 Å². The van der Waals surface area contributed by atoms with E-state index in [1.807, 2.05) is 45.0 Å². The second-order valence-corrected chi connectivity index (χ2v) is 10.1. The van der Waals surface area contributed by atoms with Crippen molar-refractivity contribution in [3.05, 3.63) is 88.0 Å². The summed E-state index contributed by atoms with van der Waals surface area (Å²) in [6.07, 6.45) is 0. The molecule has 1 fully saturated rings. The lowest BCUT2D eigenvalue weighted by Gasteiger charge is -2.23. The molecule has 1 aromatic heterocycles. The zero-order chi connectivity index (χ0) is 26.4. The van der Waals surface area contributed by atoms with Gasteiger partial charge in [0.25, 0.3) is 5.78 Å². The fourth-order valence-corrected chi connectivity index (χ4v) is 5.78. The first kappa shape index (κ1) is 24.5. The molecule has 4 aromatic rings. The van der Waals surface area contributed by atoms with Crippen LogP contribution in [0.4, 0.5) is 5.13 Å². The number of aryl methyl sites for hydroxylation is 3. The quantitative estimate of drug-likeness (QED) is 0.204. The molecule has 1 aliphatic rings. The third kappa shape index (κ3) is 4.13. The van der Waals surface area contributed by atoms with E-state index in [1.54, 1.807) is 44.6 Å².